The third-order valence-corrected chi connectivity index (χ3v) is 3.51. The molecule has 10 nitrogen and oxygen atoms in total. The summed E-state index contributed by atoms with van der Waals surface area (Å²) in [7, 11) is -8.54. The van der Waals surface area contributed by atoms with Crippen molar-refractivity contribution in [3.05, 3.63) is 0 Å². The Hall–Kier alpha value is 1.22. The largest absolute Gasteiger partial charge is 0.390 e. The number of ether oxygens (including phenoxy) is 2. The first-order valence-corrected chi connectivity index (χ1v) is 9.09. The first-order chi connectivity index (χ1) is 9.99. The van der Waals surface area contributed by atoms with Crippen molar-refractivity contribution < 1.29 is 45.6 Å². The first-order valence-electron chi connectivity index (χ1n) is 5.87. The van der Waals surface area contributed by atoms with Gasteiger partial charge >= 0.3 is 0 Å². The first kappa shape index (κ1) is 30.0. The van der Waals surface area contributed by atoms with E-state index in [0.29, 0.717) is 0 Å². The Balaban J connectivity index is -0.00000220. The van der Waals surface area contributed by atoms with Crippen molar-refractivity contribution in [2.24, 2.45) is 0 Å². The molecule has 2 unspecified atom stereocenters. The normalized spacial score (nSPS) is 13.7. The number of aliphatic hydroxyl groups is 2. The Morgan fingerprint density at radius 1 is 0.750 bits per heavy atom. The maximum absolute atomic E-state index is 10.4. The van der Waals surface area contributed by atoms with E-state index in [1.54, 1.807) is 0 Å². The van der Waals surface area contributed by atoms with Gasteiger partial charge in [0.25, 0.3) is 20.2 Å². The van der Waals surface area contributed by atoms with Gasteiger partial charge in [0.05, 0.1) is 25.4 Å². The molecule has 0 aliphatic rings. The van der Waals surface area contributed by atoms with Gasteiger partial charge in [-0.25, -0.2) is 0 Å². The fraction of sp³-hybridized carbons (Fsp3) is 0.800. The molecule has 0 fully saturated rings. The predicted molar refractivity (Wildman–Crippen MR) is 85.8 cm³/mol. The molecule has 0 amide bonds. The molecule has 24 heavy (non-hydrogen) atoms. The molecule has 0 rings (SSSR count). The van der Waals surface area contributed by atoms with E-state index in [1.807, 2.05) is 0 Å². The summed E-state index contributed by atoms with van der Waals surface area (Å²) in [4.78, 5) is 0. The minimum atomic E-state index is -4.27. The zero-order valence-corrected chi connectivity index (χ0v) is 19.1. The molecule has 2 radical (unpaired) electrons. The van der Waals surface area contributed by atoms with Gasteiger partial charge in [-0.3, -0.25) is 9.11 Å². The Kier molecular flexibility index (Phi) is 19.1. The van der Waals surface area contributed by atoms with Gasteiger partial charge in [-0.15, -0.1) is 0 Å². The van der Waals surface area contributed by atoms with Crippen LogP contribution in [0.3, 0.4) is 0 Å². The van der Waals surface area contributed by atoms with Gasteiger partial charge in [0.15, 0.2) is 0 Å². The van der Waals surface area contributed by atoms with Gasteiger partial charge in [0.2, 0.25) is 0 Å². The summed E-state index contributed by atoms with van der Waals surface area (Å²) < 4.78 is 68.2. The van der Waals surface area contributed by atoms with Crippen molar-refractivity contribution in [1.82, 2.24) is 0 Å². The van der Waals surface area contributed by atoms with Crippen LogP contribution >= 0.6 is 0 Å². The Bertz CT molecular complexity index is 530. The second-order valence-electron chi connectivity index (χ2n) is 4.19. The van der Waals surface area contributed by atoms with Crippen molar-refractivity contribution >= 4 is 79.4 Å². The quantitative estimate of drug-likeness (QED) is 0.125. The zero-order valence-electron chi connectivity index (χ0n) is 13.5. The van der Waals surface area contributed by atoms with Crippen molar-refractivity contribution in [3.8, 4) is 11.8 Å². The standard InChI is InChI=1S/C10H18O10S2.2Na/c11-9(7-21(13,14)15)5-19-3-1-2-4-20-6-10(12)8-22(16,17)18;;/h9-12H,3-8H2,(H,13,14,15)(H,16,17,18);;. The predicted octanol–water partition coefficient (Wildman–Crippen LogP) is -3.24. The molecule has 14 heteroatoms. The molecule has 0 aromatic rings. The monoisotopic (exact) mass is 408 g/mol. The van der Waals surface area contributed by atoms with Gasteiger partial charge < -0.3 is 19.7 Å². The van der Waals surface area contributed by atoms with Crippen LogP contribution in [0.1, 0.15) is 0 Å². The molecule has 0 aromatic carbocycles. The number of rotatable bonds is 10. The second-order valence-corrected chi connectivity index (χ2v) is 7.18. The molecule has 0 saturated heterocycles. The summed E-state index contributed by atoms with van der Waals surface area (Å²) in [6.45, 7) is -0.913. The van der Waals surface area contributed by atoms with Crippen LogP contribution in [0.4, 0.5) is 0 Å². The van der Waals surface area contributed by atoms with Gasteiger partial charge in [-0.1, -0.05) is 11.8 Å². The molecule has 0 bridgehead atoms. The van der Waals surface area contributed by atoms with Gasteiger partial charge in [0, 0.05) is 59.1 Å². The van der Waals surface area contributed by atoms with Gasteiger partial charge in [0.1, 0.15) is 24.7 Å². The maximum atomic E-state index is 10.4. The Morgan fingerprint density at radius 3 is 1.29 bits per heavy atom. The van der Waals surface area contributed by atoms with E-state index >= 15 is 0 Å². The molecule has 132 valence electrons. The van der Waals surface area contributed by atoms with E-state index < -0.39 is 43.9 Å². The van der Waals surface area contributed by atoms with Crippen LogP contribution in [0.25, 0.3) is 0 Å². The number of hydrogen-bond acceptors (Lipinski definition) is 8. The van der Waals surface area contributed by atoms with Crippen molar-refractivity contribution in [2.45, 2.75) is 12.2 Å². The van der Waals surface area contributed by atoms with Crippen LogP contribution < -0.4 is 0 Å². The second kappa shape index (κ2) is 15.3. The van der Waals surface area contributed by atoms with Crippen LogP contribution in [0.2, 0.25) is 0 Å². The summed E-state index contributed by atoms with van der Waals surface area (Å²) in [5, 5.41) is 18.3. The number of hydrogen-bond donors (Lipinski definition) is 4. The maximum Gasteiger partial charge on any atom is 0.267 e. The average molecular weight is 408 g/mol. The fourth-order valence-corrected chi connectivity index (χ4v) is 2.34. The molecule has 4 N–H and O–H groups in total. The minimum Gasteiger partial charge on any atom is -0.390 e. The van der Waals surface area contributed by atoms with E-state index in [1.165, 1.54) is 0 Å². The van der Waals surface area contributed by atoms with E-state index in [2.05, 4.69) is 11.8 Å². The summed E-state index contributed by atoms with van der Waals surface area (Å²) in [6, 6.07) is 0. The molecule has 0 saturated carbocycles. The molecule has 0 aromatic heterocycles. The van der Waals surface area contributed by atoms with Crippen molar-refractivity contribution in [3.63, 3.8) is 0 Å². The topological polar surface area (TPSA) is 168 Å². The molecule has 0 spiro atoms. The Morgan fingerprint density at radius 2 is 1.04 bits per heavy atom. The van der Waals surface area contributed by atoms with Crippen molar-refractivity contribution in [1.29, 1.82) is 0 Å². The number of aliphatic hydroxyl groups excluding tert-OH is 2. The summed E-state index contributed by atoms with van der Waals surface area (Å²) in [5.74, 6) is 3.24. The van der Waals surface area contributed by atoms with Crippen LogP contribution in [0.5, 0.6) is 0 Å². The van der Waals surface area contributed by atoms with E-state index in [-0.39, 0.29) is 85.5 Å². The molecule has 0 heterocycles. The van der Waals surface area contributed by atoms with Crippen LogP contribution in [-0.4, -0.2) is 145 Å². The fourth-order valence-electron chi connectivity index (χ4n) is 1.18. The smallest absolute Gasteiger partial charge is 0.267 e. The average Bonchev–Trinajstić information content (AvgIpc) is 2.27. The minimum absolute atomic E-state index is 0. The summed E-state index contributed by atoms with van der Waals surface area (Å²) in [5.41, 5.74) is 0. The van der Waals surface area contributed by atoms with E-state index in [4.69, 9.17) is 28.8 Å². The molecular formula is C10H18Na2O10S2. The molecule has 0 aliphatic heterocycles. The molecular weight excluding hydrogens is 390 g/mol. The van der Waals surface area contributed by atoms with Gasteiger partial charge in [-0.2, -0.15) is 16.8 Å². The third kappa shape index (κ3) is 23.2. The zero-order chi connectivity index (χ0) is 17.2. The Labute approximate surface area is 185 Å². The van der Waals surface area contributed by atoms with Gasteiger partial charge in [-0.05, 0) is 0 Å². The molecule has 2 atom stereocenters. The SMILES string of the molecule is O=S(=O)(O)CC(O)COCC#CCOCC(O)CS(=O)(=O)O.[Na].[Na]. The summed E-state index contributed by atoms with van der Waals surface area (Å²) in [6.07, 6.45) is -2.74. The van der Waals surface area contributed by atoms with E-state index in [9.17, 15) is 16.8 Å². The summed E-state index contributed by atoms with van der Waals surface area (Å²) >= 11 is 0. The third-order valence-electron chi connectivity index (χ3n) is 1.90. The molecule has 0 aliphatic carbocycles. The van der Waals surface area contributed by atoms with Crippen LogP contribution in [0.15, 0.2) is 0 Å². The van der Waals surface area contributed by atoms with Crippen LogP contribution in [0, 0.1) is 11.8 Å². The van der Waals surface area contributed by atoms with E-state index in [0.717, 1.165) is 0 Å². The van der Waals surface area contributed by atoms with Crippen molar-refractivity contribution in [2.75, 3.05) is 37.9 Å². The van der Waals surface area contributed by atoms with Crippen LogP contribution in [-0.2, 0) is 29.7 Å².